The number of hydrogen-bond donors (Lipinski definition) is 0. The van der Waals surface area contributed by atoms with Gasteiger partial charge in [0.2, 0.25) is 0 Å². The van der Waals surface area contributed by atoms with Crippen LogP contribution >= 0.6 is 0 Å². The minimum Gasteiger partial charge on any atom is -0.238 e. The molecular weight excluding hydrogens is 162 g/mol. The topological polar surface area (TPSA) is 51.9 Å². The molecule has 0 aliphatic rings. The first-order valence-corrected chi connectivity index (χ1v) is 3.55. The van der Waals surface area contributed by atoms with E-state index in [0.29, 0.717) is 11.3 Å². The molecule has 60 valence electrons. The van der Waals surface area contributed by atoms with E-state index in [1.807, 2.05) is 12.1 Å². The van der Waals surface area contributed by atoms with Crippen LogP contribution in [0.25, 0.3) is 4.85 Å². The molecule has 0 N–H and O–H groups in total. The summed E-state index contributed by atoms with van der Waals surface area (Å²) < 4.78 is 0. The summed E-state index contributed by atoms with van der Waals surface area (Å²) in [4.78, 5) is 3.24. The average Bonchev–Trinajstić information content (AvgIpc) is 2.17. The van der Waals surface area contributed by atoms with Gasteiger partial charge in [0.25, 0.3) is 0 Å². The fraction of sp³-hybridized carbons (Fsp3) is 0.100. The van der Waals surface area contributed by atoms with Crippen LogP contribution in [0.3, 0.4) is 0 Å². The lowest BCUT2D eigenvalue weighted by Gasteiger charge is -1.98. The highest BCUT2D eigenvalue weighted by molar-refractivity contribution is 5.61. The lowest BCUT2D eigenvalue weighted by molar-refractivity contribution is 1.39. The van der Waals surface area contributed by atoms with Gasteiger partial charge in [-0.05, 0) is 18.6 Å². The van der Waals surface area contributed by atoms with Crippen molar-refractivity contribution < 1.29 is 0 Å². The molecular formula is C10H5N3. The maximum Gasteiger partial charge on any atom is 0.191 e. The molecule has 0 radical (unpaired) electrons. The van der Waals surface area contributed by atoms with Crippen molar-refractivity contribution in [1.82, 2.24) is 0 Å². The predicted octanol–water partition coefficient (Wildman–Crippen LogP) is 2.29. The lowest BCUT2D eigenvalue weighted by Crippen LogP contribution is -1.85. The molecule has 0 aromatic heterocycles. The van der Waals surface area contributed by atoms with E-state index in [0.717, 1.165) is 5.56 Å². The third-order valence-electron chi connectivity index (χ3n) is 1.70. The van der Waals surface area contributed by atoms with Gasteiger partial charge >= 0.3 is 0 Å². The Morgan fingerprint density at radius 1 is 1.23 bits per heavy atom. The zero-order valence-electron chi connectivity index (χ0n) is 7.00. The first kappa shape index (κ1) is 8.78. The van der Waals surface area contributed by atoms with E-state index >= 15 is 0 Å². The van der Waals surface area contributed by atoms with Crippen molar-refractivity contribution in [2.24, 2.45) is 0 Å². The molecule has 3 nitrogen and oxygen atoms in total. The number of nitriles is 2. The van der Waals surface area contributed by atoms with Crippen LogP contribution in [0.1, 0.15) is 16.7 Å². The Bertz CT molecular complexity index is 467. The van der Waals surface area contributed by atoms with Crippen LogP contribution in [0.2, 0.25) is 0 Å². The summed E-state index contributed by atoms with van der Waals surface area (Å²) in [7, 11) is 0. The number of rotatable bonds is 0. The number of nitrogens with zero attached hydrogens (tertiary/aromatic N) is 3. The summed E-state index contributed by atoms with van der Waals surface area (Å²) in [5.41, 5.74) is 1.74. The van der Waals surface area contributed by atoms with Gasteiger partial charge in [-0.3, -0.25) is 0 Å². The molecule has 0 aliphatic carbocycles. The van der Waals surface area contributed by atoms with Crippen LogP contribution in [-0.4, -0.2) is 0 Å². The molecule has 0 amide bonds. The molecule has 0 fully saturated rings. The molecule has 1 rings (SSSR count). The zero-order valence-corrected chi connectivity index (χ0v) is 7.00. The van der Waals surface area contributed by atoms with Gasteiger partial charge in [-0.15, -0.1) is 0 Å². The van der Waals surface area contributed by atoms with Crippen molar-refractivity contribution in [3.05, 3.63) is 40.2 Å². The summed E-state index contributed by atoms with van der Waals surface area (Å²) >= 11 is 0. The van der Waals surface area contributed by atoms with Gasteiger partial charge in [0.05, 0.1) is 23.8 Å². The van der Waals surface area contributed by atoms with Crippen LogP contribution in [-0.2, 0) is 0 Å². The van der Waals surface area contributed by atoms with E-state index in [1.54, 1.807) is 13.0 Å². The maximum absolute atomic E-state index is 8.66. The van der Waals surface area contributed by atoms with Gasteiger partial charge < -0.3 is 0 Å². The van der Waals surface area contributed by atoms with Crippen molar-refractivity contribution in [3.8, 4) is 12.1 Å². The first-order chi connectivity index (χ1) is 6.22. The van der Waals surface area contributed by atoms with Gasteiger partial charge in [0.1, 0.15) is 6.07 Å². The Morgan fingerprint density at radius 3 is 2.23 bits per heavy atom. The van der Waals surface area contributed by atoms with E-state index in [1.165, 1.54) is 6.07 Å². The van der Waals surface area contributed by atoms with Crippen molar-refractivity contribution in [1.29, 1.82) is 10.5 Å². The molecule has 1 aromatic rings. The quantitative estimate of drug-likeness (QED) is 0.556. The normalized spacial score (nSPS) is 8.15. The maximum atomic E-state index is 8.66. The fourth-order valence-electron chi connectivity index (χ4n) is 1.00. The smallest absolute Gasteiger partial charge is 0.191 e. The zero-order chi connectivity index (χ0) is 9.84. The number of aryl methyl sites for hydroxylation is 1. The molecule has 0 spiro atoms. The van der Waals surface area contributed by atoms with Crippen molar-refractivity contribution in [2.75, 3.05) is 0 Å². The molecule has 1 aromatic carbocycles. The molecule has 13 heavy (non-hydrogen) atoms. The fourth-order valence-corrected chi connectivity index (χ4v) is 1.00. The Kier molecular flexibility index (Phi) is 2.29. The summed E-state index contributed by atoms with van der Waals surface area (Å²) in [6.07, 6.45) is 0. The van der Waals surface area contributed by atoms with Crippen LogP contribution in [0, 0.1) is 36.2 Å². The Morgan fingerprint density at radius 2 is 1.77 bits per heavy atom. The largest absolute Gasteiger partial charge is 0.238 e. The monoisotopic (exact) mass is 167 g/mol. The standard InChI is InChI=1S/C10H5N3/c1-7-3-8(5-11)9(6-12)4-10(7)13-2/h3-4H,1H3. The SMILES string of the molecule is [C-]#[N+]c1cc(C#N)c(C#N)cc1C. The van der Waals surface area contributed by atoms with Gasteiger partial charge in [-0.1, -0.05) is 6.07 Å². The van der Waals surface area contributed by atoms with E-state index in [9.17, 15) is 0 Å². The van der Waals surface area contributed by atoms with Crippen LogP contribution < -0.4 is 0 Å². The second kappa shape index (κ2) is 3.39. The molecule has 0 saturated heterocycles. The van der Waals surface area contributed by atoms with E-state index in [-0.39, 0.29) is 5.56 Å². The number of benzene rings is 1. The van der Waals surface area contributed by atoms with Gasteiger partial charge in [-0.25, -0.2) is 4.85 Å². The Labute approximate surface area is 76.3 Å². The average molecular weight is 167 g/mol. The molecule has 0 atom stereocenters. The number of hydrogen-bond acceptors (Lipinski definition) is 2. The van der Waals surface area contributed by atoms with E-state index in [4.69, 9.17) is 17.1 Å². The van der Waals surface area contributed by atoms with Crippen molar-refractivity contribution in [3.63, 3.8) is 0 Å². The summed E-state index contributed by atoms with van der Waals surface area (Å²) in [6.45, 7) is 8.56. The third kappa shape index (κ3) is 1.48. The van der Waals surface area contributed by atoms with Crippen molar-refractivity contribution in [2.45, 2.75) is 6.92 Å². The van der Waals surface area contributed by atoms with Crippen LogP contribution in [0.5, 0.6) is 0 Å². The summed E-state index contributed by atoms with van der Waals surface area (Å²) in [5, 5.41) is 17.3. The highest BCUT2D eigenvalue weighted by Crippen LogP contribution is 2.22. The highest BCUT2D eigenvalue weighted by Gasteiger charge is 2.05. The second-order valence-corrected chi connectivity index (χ2v) is 2.52. The Hall–Kier alpha value is -2.31. The molecule has 0 saturated carbocycles. The van der Waals surface area contributed by atoms with Crippen LogP contribution in [0.15, 0.2) is 12.1 Å². The van der Waals surface area contributed by atoms with E-state index < -0.39 is 0 Å². The van der Waals surface area contributed by atoms with E-state index in [2.05, 4.69) is 4.85 Å². The molecule has 3 heteroatoms. The predicted molar refractivity (Wildman–Crippen MR) is 46.9 cm³/mol. The van der Waals surface area contributed by atoms with Gasteiger partial charge in [0, 0.05) is 0 Å². The summed E-state index contributed by atoms with van der Waals surface area (Å²) in [5.74, 6) is 0. The molecule has 0 bridgehead atoms. The summed E-state index contributed by atoms with van der Waals surface area (Å²) in [6, 6.07) is 6.80. The van der Waals surface area contributed by atoms with Gasteiger partial charge in [-0.2, -0.15) is 10.5 Å². The minimum absolute atomic E-state index is 0.263. The molecule has 0 unspecified atom stereocenters. The molecule has 0 heterocycles. The van der Waals surface area contributed by atoms with Gasteiger partial charge in [0.15, 0.2) is 5.69 Å². The van der Waals surface area contributed by atoms with Crippen LogP contribution in [0.4, 0.5) is 5.69 Å². The second-order valence-electron chi connectivity index (χ2n) is 2.52. The Balaban J connectivity index is 3.51. The molecule has 0 aliphatic heterocycles. The third-order valence-corrected chi connectivity index (χ3v) is 1.70. The lowest BCUT2D eigenvalue weighted by atomic mass is 10.0. The minimum atomic E-state index is 0.263. The first-order valence-electron chi connectivity index (χ1n) is 3.55. The van der Waals surface area contributed by atoms with Crippen molar-refractivity contribution >= 4 is 5.69 Å². The highest BCUT2D eigenvalue weighted by atomic mass is 14.6.